The molecule has 0 aromatic carbocycles. The number of carbonyl (C=O) groups is 1. The SMILES string of the molecule is CNc1ncc(C#Cc2ccc(C[C@H]3CN(C)CCO3)cn2)c2cc(NC(=O)C3CC3)nnc12. The molecule has 0 radical (unpaired) electrons. The predicted molar refractivity (Wildman–Crippen MR) is 129 cm³/mol. The van der Waals surface area contributed by atoms with Crippen molar-refractivity contribution in [3.63, 3.8) is 0 Å². The summed E-state index contributed by atoms with van der Waals surface area (Å²) >= 11 is 0. The highest BCUT2D eigenvalue weighted by molar-refractivity contribution is 5.97. The van der Waals surface area contributed by atoms with Gasteiger partial charge >= 0.3 is 0 Å². The van der Waals surface area contributed by atoms with E-state index in [-0.39, 0.29) is 17.9 Å². The van der Waals surface area contributed by atoms with Crippen LogP contribution in [-0.2, 0) is 16.0 Å². The fraction of sp³-hybridized carbons (Fsp3) is 0.400. The van der Waals surface area contributed by atoms with E-state index in [0.29, 0.717) is 28.4 Å². The third kappa shape index (κ3) is 5.14. The van der Waals surface area contributed by atoms with Crippen LogP contribution in [0.4, 0.5) is 11.6 Å². The zero-order valence-corrected chi connectivity index (χ0v) is 19.3. The highest BCUT2D eigenvalue weighted by atomic mass is 16.5. The number of likely N-dealkylation sites (N-methyl/N-ethyl adjacent to an activating group) is 1. The number of amides is 1. The highest BCUT2D eigenvalue weighted by Gasteiger charge is 2.30. The minimum Gasteiger partial charge on any atom is -0.375 e. The molecule has 2 N–H and O–H groups in total. The Hall–Kier alpha value is -3.61. The summed E-state index contributed by atoms with van der Waals surface area (Å²) in [4.78, 5) is 23.4. The van der Waals surface area contributed by atoms with Gasteiger partial charge in [-0.3, -0.25) is 4.79 Å². The number of anilines is 2. The van der Waals surface area contributed by atoms with Crippen LogP contribution in [0.5, 0.6) is 0 Å². The van der Waals surface area contributed by atoms with Gasteiger partial charge < -0.3 is 20.3 Å². The molecule has 3 aromatic heterocycles. The molecular weight excluding hydrogens is 430 g/mol. The average molecular weight is 458 g/mol. The standard InChI is InChI=1S/C25H27N7O2/c1-26-24-23-21(12-22(30-31-23)29-25(33)17-4-5-17)18(14-28-24)6-8-19-7-3-16(13-27-19)11-20-15-32(2)9-10-34-20/h3,7,12-14,17,20H,4-5,9-11,15H2,1-2H3,(H,26,28)(H,29,30,33)/t20-/m0/s1. The Balaban J connectivity index is 1.36. The lowest BCUT2D eigenvalue weighted by atomic mass is 10.1. The van der Waals surface area contributed by atoms with Crippen molar-refractivity contribution in [2.24, 2.45) is 5.92 Å². The second-order valence-corrected chi connectivity index (χ2v) is 8.79. The van der Waals surface area contributed by atoms with E-state index in [2.05, 4.69) is 54.6 Å². The fourth-order valence-corrected chi connectivity index (χ4v) is 3.95. The molecule has 1 amide bonds. The number of aromatic nitrogens is 4. The summed E-state index contributed by atoms with van der Waals surface area (Å²) in [6, 6.07) is 5.77. The van der Waals surface area contributed by atoms with Crippen molar-refractivity contribution in [1.82, 2.24) is 25.1 Å². The van der Waals surface area contributed by atoms with Crippen molar-refractivity contribution in [1.29, 1.82) is 0 Å². The zero-order chi connectivity index (χ0) is 23.5. The van der Waals surface area contributed by atoms with Gasteiger partial charge in [0, 0.05) is 50.3 Å². The van der Waals surface area contributed by atoms with Gasteiger partial charge in [0.15, 0.2) is 11.6 Å². The van der Waals surface area contributed by atoms with Crippen LogP contribution in [0.1, 0.15) is 29.7 Å². The largest absolute Gasteiger partial charge is 0.375 e. The molecule has 1 saturated heterocycles. The van der Waals surface area contributed by atoms with Gasteiger partial charge in [0.1, 0.15) is 11.2 Å². The van der Waals surface area contributed by atoms with Gasteiger partial charge in [-0.2, -0.15) is 0 Å². The van der Waals surface area contributed by atoms with Crippen LogP contribution >= 0.6 is 0 Å². The molecule has 0 bridgehead atoms. The van der Waals surface area contributed by atoms with Gasteiger partial charge in [0.2, 0.25) is 5.91 Å². The van der Waals surface area contributed by atoms with E-state index in [1.165, 1.54) is 0 Å². The molecule has 4 heterocycles. The second-order valence-electron chi connectivity index (χ2n) is 8.79. The van der Waals surface area contributed by atoms with Crippen molar-refractivity contribution >= 4 is 28.4 Å². The predicted octanol–water partition coefficient (Wildman–Crippen LogP) is 2.08. The molecule has 3 aromatic rings. The van der Waals surface area contributed by atoms with Crippen molar-refractivity contribution in [3.05, 3.63) is 47.4 Å². The number of ether oxygens (including phenoxy) is 1. The summed E-state index contributed by atoms with van der Waals surface area (Å²) in [5.41, 5.74) is 3.08. The summed E-state index contributed by atoms with van der Waals surface area (Å²) in [5.74, 6) is 7.37. The first kappa shape index (κ1) is 22.2. The Morgan fingerprint density at radius 1 is 1.21 bits per heavy atom. The number of nitrogens with one attached hydrogen (secondary N) is 2. The summed E-state index contributed by atoms with van der Waals surface area (Å²) in [7, 11) is 3.89. The first-order chi connectivity index (χ1) is 16.6. The number of nitrogens with zero attached hydrogens (tertiary/aromatic N) is 5. The summed E-state index contributed by atoms with van der Waals surface area (Å²) in [5, 5.41) is 15.1. The lowest BCUT2D eigenvalue weighted by Gasteiger charge is -2.30. The third-order valence-corrected chi connectivity index (χ3v) is 6.02. The molecule has 174 valence electrons. The molecule has 1 aliphatic carbocycles. The lowest BCUT2D eigenvalue weighted by molar-refractivity contribution is -0.117. The molecule has 0 spiro atoms. The second kappa shape index (κ2) is 9.71. The molecule has 1 atom stereocenters. The van der Waals surface area contributed by atoms with Crippen LogP contribution in [0.25, 0.3) is 10.9 Å². The van der Waals surface area contributed by atoms with E-state index < -0.39 is 0 Å². The maximum Gasteiger partial charge on any atom is 0.228 e. The van der Waals surface area contributed by atoms with Gasteiger partial charge in [-0.25, -0.2) is 9.97 Å². The Morgan fingerprint density at radius 2 is 2.09 bits per heavy atom. The summed E-state index contributed by atoms with van der Waals surface area (Å²) in [6.07, 6.45) is 6.43. The van der Waals surface area contributed by atoms with Crippen LogP contribution in [0.2, 0.25) is 0 Å². The number of morpholine rings is 1. The van der Waals surface area contributed by atoms with Gasteiger partial charge in [0.05, 0.1) is 18.3 Å². The van der Waals surface area contributed by atoms with E-state index in [9.17, 15) is 4.79 Å². The van der Waals surface area contributed by atoms with E-state index in [1.54, 1.807) is 19.3 Å². The van der Waals surface area contributed by atoms with Gasteiger partial charge in [-0.05, 0) is 43.5 Å². The van der Waals surface area contributed by atoms with Gasteiger partial charge in [-0.15, -0.1) is 10.2 Å². The van der Waals surface area contributed by atoms with Crippen LogP contribution in [0.15, 0.2) is 30.6 Å². The maximum atomic E-state index is 12.1. The highest BCUT2D eigenvalue weighted by Crippen LogP contribution is 2.30. The van der Waals surface area contributed by atoms with E-state index in [4.69, 9.17) is 4.74 Å². The number of hydrogen-bond acceptors (Lipinski definition) is 8. The van der Waals surface area contributed by atoms with Crippen LogP contribution < -0.4 is 10.6 Å². The molecule has 9 nitrogen and oxygen atoms in total. The quantitative estimate of drug-likeness (QED) is 0.561. The van der Waals surface area contributed by atoms with Crippen LogP contribution in [-0.4, -0.2) is 70.9 Å². The Bertz CT molecular complexity index is 1260. The lowest BCUT2D eigenvalue weighted by Crippen LogP contribution is -2.40. The van der Waals surface area contributed by atoms with Gasteiger partial charge in [0.25, 0.3) is 0 Å². The summed E-state index contributed by atoms with van der Waals surface area (Å²) in [6.45, 7) is 2.67. The van der Waals surface area contributed by atoms with Crippen molar-refractivity contribution in [2.45, 2.75) is 25.4 Å². The van der Waals surface area contributed by atoms with Crippen molar-refractivity contribution < 1.29 is 9.53 Å². The topological polar surface area (TPSA) is 105 Å². The normalized spacial score (nSPS) is 18.2. The van der Waals surface area contributed by atoms with Crippen LogP contribution in [0.3, 0.4) is 0 Å². The first-order valence-electron chi connectivity index (χ1n) is 11.5. The molecule has 9 heteroatoms. The molecule has 2 aliphatic rings. The smallest absolute Gasteiger partial charge is 0.228 e. The Kier molecular flexibility index (Phi) is 6.34. The first-order valence-corrected chi connectivity index (χ1v) is 11.5. The molecule has 5 rings (SSSR count). The number of hydrogen-bond donors (Lipinski definition) is 2. The third-order valence-electron chi connectivity index (χ3n) is 6.02. The molecule has 1 aliphatic heterocycles. The van der Waals surface area contributed by atoms with E-state index >= 15 is 0 Å². The number of carbonyl (C=O) groups excluding carboxylic acids is 1. The molecular formula is C25H27N7O2. The Morgan fingerprint density at radius 3 is 2.82 bits per heavy atom. The zero-order valence-electron chi connectivity index (χ0n) is 19.3. The average Bonchev–Trinajstić information content (AvgIpc) is 3.69. The van der Waals surface area contributed by atoms with Crippen molar-refractivity contribution in [2.75, 3.05) is 44.4 Å². The number of rotatable bonds is 5. The minimum atomic E-state index is -0.0151. The molecule has 2 fully saturated rings. The molecule has 34 heavy (non-hydrogen) atoms. The van der Waals surface area contributed by atoms with Gasteiger partial charge in [-0.1, -0.05) is 12.0 Å². The number of pyridine rings is 2. The van der Waals surface area contributed by atoms with E-state index in [1.807, 2.05) is 18.3 Å². The Labute approximate surface area is 198 Å². The van der Waals surface area contributed by atoms with Crippen molar-refractivity contribution in [3.8, 4) is 11.8 Å². The summed E-state index contributed by atoms with van der Waals surface area (Å²) < 4.78 is 5.85. The molecule has 0 unspecified atom stereocenters. The number of fused-ring (bicyclic) bond motifs is 1. The minimum absolute atomic E-state index is 0.0151. The fourth-order valence-electron chi connectivity index (χ4n) is 3.95. The monoisotopic (exact) mass is 457 g/mol. The van der Waals surface area contributed by atoms with Crippen LogP contribution in [0, 0.1) is 17.8 Å². The van der Waals surface area contributed by atoms with E-state index in [0.717, 1.165) is 49.9 Å². The maximum absolute atomic E-state index is 12.1. The molecule has 1 saturated carbocycles.